The Morgan fingerprint density at radius 3 is 1.36 bits per heavy atom. The number of esters is 2. The molecule has 0 bridgehead atoms. The molecule has 0 atom stereocenters. The fourth-order valence-corrected chi connectivity index (χ4v) is 2.20. The van der Waals surface area contributed by atoms with Gasteiger partial charge in [-0.15, -0.1) is 0 Å². The molecule has 4 nitrogen and oxygen atoms in total. The molecule has 0 saturated heterocycles. The van der Waals surface area contributed by atoms with Crippen molar-refractivity contribution in [2.75, 3.05) is 0 Å². The zero-order valence-electron chi connectivity index (χ0n) is 13.1. The number of benzene rings is 2. The lowest BCUT2D eigenvalue weighted by Crippen LogP contribution is -2.03. The van der Waals surface area contributed by atoms with Crippen LogP contribution in [0.2, 0.25) is 0 Å². The highest BCUT2D eigenvalue weighted by atomic mass is 16.5. The quantitative estimate of drug-likeness (QED) is 0.638. The van der Waals surface area contributed by atoms with Crippen molar-refractivity contribution in [3.63, 3.8) is 0 Å². The van der Waals surface area contributed by atoms with E-state index in [0.717, 1.165) is 22.3 Å². The Morgan fingerprint density at radius 2 is 1.09 bits per heavy atom. The molecule has 22 heavy (non-hydrogen) atoms. The van der Waals surface area contributed by atoms with E-state index < -0.39 is 0 Å². The van der Waals surface area contributed by atoms with Crippen molar-refractivity contribution >= 4 is 11.9 Å². The van der Waals surface area contributed by atoms with Crippen LogP contribution in [0.15, 0.2) is 36.4 Å². The van der Waals surface area contributed by atoms with Gasteiger partial charge in [0.05, 0.1) is 0 Å². The average Bonchev–Trinajstić information content (AvgIpc) is 2.42. The van der Waals surface area contributed by atoms with Gasteiger partial charge in [-0.1, -0.05) is 12.1 Å². The molecule has 0 amide bonds. The topological polar surface area (TPSA) is 52.6 Å². The summed E-state index contributed by atoms with van der Waals surface area (Å²) in [5, 5.41) is 0. The maximum absolute atomic E-state index is 11.0. The van der Waals surface area contributed by atoms with Crippen molar-refractivity contribution in [2.45, 2.75) is 27.7 Å². The zero-order valence-corrected chi connectivity index (χ0v) is 13.1. The Kier molecular flexibility index (Phi) is 4.61. The van der Waals surface area contributed by atoms with Crippen LogP contribution in [-0.4, -0.2) is 11.9 Å². The van der Waals surface area contributed by atoms with Gasteiger partial charge in [-0.05, 0) is 60.4 Å². The summed E-state index contributed by atoms with van der Waals surface area (Å²) in [7, 11) is 0. The third-order valence-corrected chi connectivity index (χ3v) is 3.19. The number of rotatable bonds is 3. The van der Waals surface area contributed by atoms with Gasteiger partial charge in [0, 0.05) is 13.8 Å². The first-order valence-electron chi connectivity index (χ1n) is 6.95. The molecule has 0 heterocycles. The highest BCUT2D eigenvalue weighted by Crippen LogP contribution is 2.29. The smallest absolute Gasteiger partial charge is 0.308 e. The highest BCUT2D eigenvalue weighted by Gasteiger charge is 2.08. The van der Waals surface area contributed by atoms with Gasteiger partial charge in [-0.25, -0.2) is 0 Å². The molecule has 0 aliphatic heterocycles. The molecule has 0 spiro atoms. The second-order valence-electron chi connectivity index (χ2n) is 5.15. The van der Waals surface area contributed by atoms with Crippen molar-refractivity contribution in [3.05, 3.63) is 47.5 Å². The van der Waals surface area contributed by atoms with E-state index in [1.807, 2.05) is 38.1 Å². The molecule has 2 rings (SSSR count). The van der Waals surface area contributed by atoms with Gasteiger partial charge in [-0.2, -0.15) is 0 Å². The molecule has 0 saturated carbocycles. The van der Waals surface area contributed by atoms with E-state index >= 15 is 0 Å². The number of hydrogen-bond acceptors (Lipinski definition) is 4. The molecule has 2 aromatic carbocycles. The molecule has 0 aliphatic carbocycles. The lowest BCUT2D eigenvalue weighted by atomic mass is 10.0. The van der Waals surface area contributed by atoms with Crippen LogP contribution in [0, 0.1) is 13.8 Å². The number of carbonyl (C=O) groups is 2. The average molecular weight is 298 g/mol. The monoisotopic (exact) mass is 298 g/mol. The molecule has 0 unspecified atom stereocenters. The molecule has 0 N–H and O–H groups in total. The second-order valence-corrected chi connectivity index (χ2v) is 5.15. The van der Waals surface area contributed by atoms with Crippen LogP contribution in [0.1, 0.15) is 25.0 Å². The van der Waals surface area contributed by atoms with Gasteiger partial charge in [-0.3, -0.25) is 9.59 Å². The van der Waals surface area contributed by atoms with Gasteiger partial charge in [0.2, 0.25) is 0 Å². The summed E-state index contributed by atoms with van der Waals surface area (Å²) in [6, 6.07) is 11.3. The highest BCUT2D eigenvalue weighted by molar-refractivity contribution is 5.73. The fraction of sp³-hybridized carbons (Fsp3) is 0.222. The summed E-state index contributed by atoms with van der Waals surface area (Å²) in [5.74, 6) is 0.448. The number of hydrogen-bond donors (Lipinski definition) is 0. The van der Waals surface area contributed by atoms with E-state index in [2.05, 4.69) is 0 Å². The van der Waals surface area contributed by atoms with E-state index in [4.69, 9.17) is 9.47 Å². The molecule has 0 radical (unpaired) electrons. The van der Waals surface area contributed by atoms with Gasteiger partial charge >= 0.3 is 11.9 Å². The fourth-order valence-electron chi connectivity index (χ4n) is 2.20. The predicted octanol–water partition coefficient (Wildman–Crippen LogP) is 3.82. The first-order valence-corrected chi connectivity index (χ1v) is 6.95. The summed E-state index contributed by atoms with van der Waals surface area (Å²) in [4.78, 5) is 22.1. The van der Waals surface area contributed by atoms with Crippen molar-refractivity contribution in [2.24, 2.45) is 0 Å². The maximum atomic E-state index is 11.0. The van der Waals surface area contributed by atoms with Crippen LogP contribution < -0.4 is 9.47 Å². The van der Waals surface area contributed by atoms with E-state index in [1.54, 1.807) is 12.1 Å². The Balaban J connectivity index is 2.32. The standard InChI is InChI=1S/C18H18O4/c1-11-9-15(5-7-17(11)21-13(3)19)16-6-8-18(12(2)10-16)22-14(4)20/h5-10H,1-4H3. The summed E-state index contributed by atoms with van der Waals surface area (Å²) in [5.41, 5.74) is 3.78. The molecule has 0 aliphatic rings. The van der Waals surface area contributed by atoms with Crippen LogP contribution in [-0.2, 0) is 9.59 Å². The lowest BCUT2D eigenvalue weighted by molar-refractivity contribution is -0.132. The molecule has 0 aromatic heterocycles. The minimum absolute atomic E-state index is 0.336. The summed E-state index contributed by atoms with van der Waals surface area (Å²) < 4.78 is 10.3. The minimum atomic E-state index is -0.336. The van der Waals surface area contributed by atoms with Crippen LogP contribution in [0.5, 0.6) is 11.5 Å². The molecular weight excluding hydrogens is 280 g/mol. The molecule has 4 heteroatoms. The van der Waals surface area contributed by atoms with Crippen molar-refractivity contribution in [1.29, 1.82) is 0 Å². The minimum Gasteiger partial charge on any atom is -0.426 e. The van der Waals surface area contributed by atoms with Gasteiger partial charge in [0.25, 0.3) is 0 Å². The summed E-state index contributed by atoms with van der Waals surface area (Å²) in [6.07, 6.45) is 0. The molecule has 114 valence electrons. The van der Waals surface area contributed by atoms with Crippen LogP contribution in [0.4, 0.5) is 0 Å². The predicted molar refractivity (Wildman–Crippen MR) is 84.0 cm³/mol. The Hall–Kier alpha value is -2.62. The molecule has 2 aromatic rings. The van der Waals surface area contributed by atoms with Gasteiger partial charge in [0.1, 0.15) is 11.5 Å². The molecule has 0 fully saturated rings. The Labute approximate surface area is 129 Å². The maximum Gasteiger partial charge on any atom is 0.308 e. The summed E-state index contributed by atoms with van der Waals surface area (Å²) >= 11 is 0. The first-order chi connectivity index (χ1) is 10.4. The van der Waals surface area contributed by atoms with Crippen LogP contribution in [0.25, 0.3) is 11.1 Å². The zero-order chi connectivity index (χ0) is 16.3. The summed E-state index contributed by atoms with van der Waals surface area (Å²) in [6.45, 7) is 6.54. The molecular formula is C18H18O4. The van der Waals surface area contributed by atoms with Crippen LogP contribution >= 0.6 is 0 Å². The van der Waals surface area contributed by atoms with Gasteiger partial charge < -0.3 is 9.47 Å². The Morgan fingerprint density at radius 1 is 0.727 bits per heavy atom. The first kappa shape index (κ1) is 15.8. The third kappa shape index (κ3) is 3.73. The van der Waals surface area contributed by atoms with E-state index in [9.17, 15) is 9.59 Å². The third-order valence-electron chi connectivity index (χ3n) is 3.19. The second kappa shape index (κ2) is 6.43. The Bertz CT molecular complexity index is 668. The lowest BCUT2D eigenvalue weighted by Gasteiger charge is -2.10. The van der Waals surface area contributed by atoms with Crippen LogP contribution in [0.3, 0.4) is 0 Å². The normalized spacial score (nSPS) is 10.2. The van der Waals surface area contributed by atoms with Gasteiger partial charge in [0.15, 0.2) is 0 Å². The van der Waals surface area contributed by atoms with Crippen molar-refractivity contribution in [3.8, 4) is 22.6 Å². The van der Waals surface area contributed by atoms with Crippen molar-refractivity contribution < 1.29 is 19.1 Å². The SMILES string of the molecule is CC(=O)Oc1ccc(-c2ccc(OC(C)=O)c(C)c2)cc1C. The van der Waals surface area contributed by atoms with Crippen molar-refractivity contribution in [1.82, 2.24) is 0 Å². The number of carbonyl (C=O) groups excluding carboxylic acids is 2. The number of ether oxygens (including phenoxy) is 2. The van der Waals surface area contributed by atoms with E-state index in [1.165, 1.54) is 13.8 Å². The number of aryl methyl sites for hydroxylation is 2. The van der Waals surface area contributed by atoms with E-state index in [0.29, 0.717) is 11.5 Å². The van der Waals surface area contributed by atoms with E-state index in [-0.39, 0.29) is 11.9 Å². The largest absolute Gasteiger partial charge is 0.426 e.